The molecule has 0 aliphatic carbocycles. The van der Waals surface area contributed by atoms with Crippen LogP contribution in [0.5, 0.6) is 0 Å². The molecule has 87 heavy (non-hydrogen) atoms. The number of carbonyl (C=O) groups is 1. The van der Waals surface area contributed by atoms with E-state index in [1.807, 2.05) is 0 Å². The van der Waals surface area contributed by atoms with Gasteiger partial charge in [-0.1, -0.05) is 271 Å². The van der Waals surface area contributed by atoms with Gasteiger partial charge in [-0.25, -0.2) is 0 Å². The Hall–Kier alpha value is -3.35. The Bertz CT molecular complexity index is 1880. The molecule has 12 unspecified atom stereocenters. The lowest BCUT2D eigenvalue weighted by molar-refractivity contribution is -0.359. The number of amides is 1. The zero-order valence-electron chi connectivity index (χ0n) is 54.2. The number of carbonyl (C=O) groups excluding carboxylic acids is 1. The zero-order chi connectivity index (χ0) is 63.1. The highest BCUT2D eigenvalue weighted by atomic mass is 16.7. The Morgan fingerprint density at radius 3 is 1.22 bits per heavy atom. The number of unbranched alkanes of at least 4 members (excludes halogenated alkanes) is 24. The molecule has 2 aliphatic rings. The summed E-state index contributed by atoms with van der Waals surface area (Å²) in [7, 11) is 0. The Morgan fingerprint density at radius 1 is 0.425 bits per heavy atom. The lowest BCUT2D eigenvalue weighted by Crippen LogP contribution is -2.65. The third-order valence-electron chi connectivity index (χ3n) is 16.3. The molecule has 0 aromatic rings. The summed E-state index contributed by atoms with van der Waals surface area (Å²) in [6.45, 7) is 2.75. The van der Waals surface area contributed by atoms with Crippen molar-refractivity contribution in [1.82, 2.24) is 5.32 Å². The smallest absolute Gasteiger partial charge is 0.220 e. The van der Waals surface area contributed by atoms with Gasteiger partial charge in [0.05, 0.1) is 32.0 Å². The number of ether oxygens (including phenoxy) is 4. The van der Waals surface area contributed by atoms with Crippen molar-refractivity contribution in [2.45, 2.75) is 325 Å². The average molecular weight is 1220 g/mol. The van der Waals surface area contributed by atoms with Crippen LogP contribution in [0.4, 0.5) is 0 Å². The van der Waals surface area contributed by atoms with Gasteiger partial charge < -0.3 is 65.1 Å². The summed E-state index contributed by atoms with van der Waals surface area (Å²) >= 11 is 0. The lowest BCUT2D eigenvalue weighted by Gasteiger charge is -2.46. The van der Waals surface area contributed by atoms with Crippen molar-refractivity contribution in [3.63, 3.8) is 0 Å². The maximum Gasteiger partial charge on any atom is 0.220 e. The molecule has 0 radical (unpaired) electrons. The third-order valence-corrected chi connectivity index (χ3v) is 16.3. The van der Waals surface area contributed by atoms with Crippen LogP contribution in [0.15, 0.2) is 109 Å². The van der Waals surface area contributed by atoms with Gasteiger partial charge in [-0.2, -0.15) is 0 Å². The van der Waals surface area contributed by atoms with Crippen molar-refractivity contribution >= 4 is 5.91 Å². The normalized spacial score (nSPS) is 24.0. The van der Waals surface area contributed by atoms with Gasteiger partial charge in [0.1, 0.15) is 48.8 Å². The minimum Gasteiger partial charge on any atom is -0.394 e. The molecule has 2 heterocycles. The van der Waals surface area contributed by atoms with E-state index in [0.29, 0.717) is 12.8 Å². The molecule has 9 N–H and O–H groups in total. The summed E-state index contributed by atoms with van der Waals surface area (Å²) in [6.07, 6.45) is 63.7. The molecule has 1 amide bonds. The number of aliphatic hydroxyl groups is 8. The Morgan fingerprint density at radius 2 is 0.793 bits per heavy atom. The maximum atomic E-state index is 13.3. The molecule has 12 atom stereocenters. The fourth-order valence-corrected chi connectivity index (χ4v) is 10.8. The average Bonchev–Trinajstić information content (AvgIpc) is 3.71. The Kier molecular flexibility index (Phi) is 51.9. The molecule has 0 saturated carbocycles. The summed E-state index contributed by atoms with van der Waals surface area (Å²) in [5.41, 5.74) is 0. The summed E-state index contributed by atoms with van der Waals surface area (Å²) in [4.78, 5) is 13.3. The van der Waals surface area contributed by atoms with Crippen LogP contribution in [0.3, 0.4) is 0 Å². The van der Waals surface area contributed by atoms with Gasteiger partial charge in [-0.15, -0.1) is 0 Å². The van der Waals surface area contributed by atoms with Gasteiger partial charge in [0.2, 0.25) is 5.91 Å². The minimum atomic E-state index is -1.79. The Labute approximate surface area is 527 Å². The predicted molar refractivity (Wildman–Crippen MR) is 355 cm³/mol. The van der Waals surface area contributed by atoms with E-state index in [0.717, 1.165) is 122 Å². The number of nitrogens with one attached hydrogen (secondary N) is 1. The molecular formula is C73H125NO13. The molecule has 0 spiro atoms. The standard InChI is InChI=1S/C73H125NO13/c1-3-5-7-9-11-13-15-17-19-21-23-24-25-26-27-28-29-30-31-32-33-34-35-36-37-38-39-41-43-45-47-49-51-53-55-57-65(78)74-61(62(77)56-54-52-50-48-46-44-42-40-22-20-18-16-14-12-10-8-6-4-2)60-84-72-70(83)68(81)71(64(59-76)86-72)87-73-69(82)67(80)66(79)63(58-75)85-73/h5,7,11,13,17,19,23-24,26-27,29-30,32-33,35-36,38-39,61-64,66-73,75-77,79-83H,3-4,6,8-10,12,14-16,18,20-22,25,28,31,34,37,40-60H2,1-2H3,(H,74,78)/b7-5-,13-11-,19-17-,24-23-,27-26-,30-29-,33-32-,36-35-,39-38-. The van der Waals surface area contributed by atoms with Crippen LogP contribution < -0.4 is 5.32 Å². The second kappa shape index (κ2) is 56.6. The van der Waals surface area contributed by atoms with Crippen LogP contribution in [0.25, 0.3) is 0 Å². The molecule has 2 aliphatic heterocycles. The van der Waals surface area contributed by atoms with Gasteiger partial charge in [-0.05, 0) is 83.5 Å². The predicted octanol–water partition coefficient (Wildman–Crippen LogP) is 14.0. The number of hydrogen-bond acceptors (Lipinski definition) is 13. The van der Waals surface area contributed by atoms with Gasteiger partial charge in [-0.3, -0.25) is 4.79 Å². The van der Waals surface area contributed by atoms with E-state index in [1.165, 1.54) is 96.3 Å². The number of rotatable bonds is 55. The highest BCUT2D eigenvalue weighted by molar-refractivity contribution is 5.76. The molecule has 2 rings (SSSR count). The molecule has 14 heteroatoms. The summed E-state index contributed by atoms with van der Waals surface area (Å²) in [6, 6.07) is -0.843. The molecule has 0 bridgehead atoms. The first kappa shape index (κ1) is 79.7. The van der Waals surface area contributed by atoms with Crippen molar-refractivity contribution in [2.75, 3.05) is 19.8 Å². The first-order valence-electron chi connectivity index (χ1n) is 34.6. The summed E-state index contributed by atoms with van der Waals surface area (Å²) in [5.74, 6) is -0.221. The third kappa shape index (κ3) is 40.9. The second-order valence-corrected chi connectivity index (χ2v) is 23.9. The van der Waals surface area contributed by atoms with Crippen LogP contribution in [-0.2, 0) is 23.7 Å². The van der Waals surface area contributed by atoms with E-state index < -0.39 is 86.8 Å². The first-order valence-corrected chi connectivity index (χ1v) is 34.6. The van der Waals surface area contributed by atoms with Gasteiger partial charge in [0.15, 0.2) is 12.6 Å². The van der Waals surface area contributed by atoms with E-state index >= 15 is 0 Å². The van der Waals surface area contributed by atoms with Gasteiger partial charge >= 0.3 is 0 Å². The largest absolute Gasteiger partial charge is 0.394 e. The number of allylic oxidation sites excluding steroid dienone is 18. The molecule has 2 fully saturated rings. The van der Waals surface area contributed by atoms with Gasteiger partial charge in [0.25, 0.3) is 0 Å². The number of aliphatic hydroxyl groups excluding tert-OH is 8. The molecule has 0 aromatic heterocycles. The van der Waals surface area contributed by atoms with Crippen LogP contribution in [0, 0.1) is 0 Å². The van der Waals surface area contributed by atoms with E-state index in [-0.39, 0.29) is 18.9 Å². The minimum absolute atomic E-state index is 0.221. The summed E-state index contributed by atoms with van der Waals surface area (Å²) in [5, 5.41) is 87.5. The number of hydrogen-bond donors (Lipinski definition) is 9. The van der Waals surface area contributed by atoms with Crippen molar-refractivity contribution in [1.29, 1.82) is 0 Å². The van der Waals surface area contributed by atoms with Crippen molar-refractivity contribution in [3.8, 4) is 0 Å². The van der Waals surface area contributed by atoms with E-state index in [4.69, 9.17) is 18.9 Å². The van der Waals surface area contributed by atoms with E-state index in [1.54, 1.807) is 0 Å². The van der Waals surface area contributed by atoms with Crippen molar-refractivity contribution in [2.24, 2.45) is 0 Å². The van der Waals surface area contributed by atoms with Gasteiger partial charge in [0, 0.05) is 6.42 Å². The van der Waals surface area contributed by atoms with Crippen molar-refractivity contribution in [3.05, 3.63) is 109 Å². The maximum absolute atomic E-state index is 13.3. The first-order chi connectivity index (χ1) is 42.6. The fraction of sp³-hybridized carbons (Fsp3) is 0.740. The molecular weight excluding hydrogens is 1100 g/mol. The molecule has 0 aromatic carbocycles. The van der Waals surface area contributed by atoms with Crippen LogP contribution in [0.1, 0.15) is 251 Å². The molecule has 2 saturated heterocycles. The topological polar surface area (TPSA) is 228 Å². The highest BCUT2D eigenvalue weighted by Crippen LogP contribution is 2.30. The Balaban J connectivity index is 1.67. The monoisotopic (exact) mass is 1220 g/mol. The van der Waals surface area contributed by atoms with Crippen molar-refractivity contribution < 1.29 is 64.6 Å². The zero-order valence-corrected chi connectivity index (χ0v) is 54.2. The lowest BCUT2D eigenvalue weighted by atomic mass is 9.97. The molecule has 500 valence electrons. The SMILES string of the molecule is CC/C=C\C/C=C\C/C=C\C/C=C\C/C=C\C/C=C\C/C=C\C/C=C\C/C=C\CCCCCCCCCC(=O)NC(COC1OC(CO)C(OC2OC(CO)C(O)C(O)C2O)C(O)C1O)C(O)CCCCCCCCCCCCCCCCCCCC. The van der Waals surface area contributed by atoms with Crippen LogP contribution in [0.2, 0.25) is 0 Å². The summed E-state index contributed by atoms with van der Waals surface area (Å²) < 4.78 is 22.9. The van der Waals surface area contributed by atoms with E-state index in [2.05, 4.69) is 129 Å². The molecule has 14 nitrogen and oxygen atoms in total. The second-order valence-electron chi connectivity index (χ2n) is 23.9. The van der Waals surface area contributed by atoms with Crippen LogP contribution in [-0.4, -0.2) is 140 Å². The highest BCUT2D eigenvalue weighted by Gasteiger charge is 2.51. The quantitative estimate of drug-likeness (QED) is 0.0204. The van der Waals surface area contributed by atoms with Crippen LogP contribution >= 0.6 is 0 Å². The fourth-order valence-electron chi connectivity index (χ4n) is 10.8. The van der Waals surface area contributed by atoms with E-state index in [9.17, 15) is 45.6 Å².